The Kier molecular flexibility index (Phi) is 4.26. The molecule has 1 aliphatic carbocycles. The Morgan fingerprint density at radius 2 is 1.79 bits per heavy atom. The van der Waals surface area contributed by atoms with Gasteiger partial charge in [-0.2, -0.15) is 0 Å². The Morgan fingerprint density at radius 3 is 2.37 bits per heavy atom. The van der Waals surface area contributed by atoms with Crippen LogP contribution in [-0.4, -0.2) is 17.6 Å². The molecule has 2 rings (SSSR count). The van der Waals surface area contributed by atoms with Crippen molar-refractivity contribution in [3.05, 3.63) is 28.8 Å². The third-order valence-electron chi connectivity index (χ3n) is 3.34. The molecule has 0 unspecified atom stereocenters. The highest BCUT2D eigenvalue weighted by Crippen LogP contribution is 2.38. The summed E-state index contributed by atoms with van der Waals surface area (Å²) in [5.41, 5.74) is 0.662. The van der Waals surface area contributed by atoms with Gasteiger partial charge in [-0.1, -0.05) is 11.6 Å². The molecule has 1 aromatic rings. The minimum absolute atomic E-state index is 0.0766. The first-order valence-corrected chi connectivity index (χ1v) is 6.46. The Bertz CT molecular complexity index is 440. The number of alkyl halides is 3. The van der Waals surface area contributed by atoms with E-state index < -0.39 is 6.36 Å². The van der Waals surface area contributed by atoms with E-state index >= 15 is 0 Å². The summed E-state index contributed by atoms with van der Waals surface area (Å²) in [4.78, 5) is 0. The molecule has 1 fully saturated rings. The van der Waals surface area contributed by atoms with Crippen molar-refractivity contribution in [1.29, 1.82) is 0 Å². The highest BCUT2D eigenvalue weighted by molar-refractivity contribution is 6.31. The second-order valence-corrected chi connectivity index (χ2v) is 5.14. The van der Waals surface area contributed by atoms with Gasteiger partial charge in [-0.25, -0.2) is 0 Å². The number of aliphatic hydroxyl groups is 1. The normalized spacial score (nSPS) is 24.3. The largest absolute Gasteiger partial charge is 0.573 e. The van der Waals surface area contributed by atoms with Gasteiger partial charge < -0.3 is 9.84 Å². The Labute approximate surface area is 114 Å². The SMILES string of the molecule is O[C@H]1CC[C@@H](c2cc(OC(F)(F)F)ccc2Cl)CC1. The van der Waals surface area contributed by atoms with E-state index in [1.807, 2.05) is 0 Å². The van der Waals surface area contributed by atoms with Crippen LogP contribution < -0.4 is 4.74 Å². The molecule has 106 valence electrons. The average Bonchev–Trinajstić information content (AvgIpc) is 2.31. The molecular weight excluding hydrogens is 281 g/mol. The van der Waals surface area contributed by atoms with Crippen molar-refractivity contribution < 1.29 is 23.0 Å². The number of halogens is 4. The Hall–Kier alpha value is -0.940. The minimum Gasteiger partial charge on any atom is -0.406 e. The third kappa shape index (κ3) is 4.01. The molecule has 0 aromatic heterocycles. The summed E-state index contributed by atoms with van der Waals surface area (Å²) < 4.78 is 40.4. The van der Waals surface area contributed by atoms with Crippen LogP contribution in [0.1, 0.15) is 37.2 Å². The number of benzene rings is 1. The van der Waals surface area contributed by atoms with E-state index in [1.54, 1.807) is 0 Å². The van der Waals surface area contributed by atoms with Gasteiger partial charge in [-0.3, -0.25) is 0 Å². The number of hydrogen-bond acceptors (Lipinski definition) is 2. The van der Waals surface area contributed by atoms with Gasteiger partial charge >= 0.3 is 6.36 Å². The van der Waals surface area contributed by atoms with Crippen LogP contribution in [0.25, 0.3) is 0 Å². The number of rotatable bonds is 2. The van der Waals surface area contributed by atoms with E-state index in [4.69, 9.17) is 11.6 Å². The molecule has 0 radical (unpaired) electrons. The highest BCUT2D eigenvalue weighted by atomic mass is 35.5. The first-order chi connectivity index (χ1) is 8.85. The smallest absolute Gasteiger partial charge is 0.406 e. The summed E-state index contributed by atoms with van der Waals surface area (Å²) in [6, 6.07) is 3.97. The first-order valence-electron chi connectivity index (χ1n) is 6.08. The summed E-state index contributed by atoms with van der Waals surface area (Å²) in [7, 11) is 0. The zero-order valence-corrected chi connectivity index (χ0v) is 10.8. The van der Waals surface area contributed by atoms with Crippen molar-refractivity contribution in [3.63, 3.8) is 0 Å². The third-order valence-corrected chi connectivity index (χ3v) is 3.68. The lowest BCUT2D eigenvalue weighted by molar-refractivity contribution is -0.274. The molecule has 19 heavy (non-hydrogen) atoms. The first kappa shape index (κ1) is 14.5. The number of ether oxygens (including phenoxy) is 1. The van der Waals surface area contributed by atoms with E-state index in [1.165, 1.54) is 18.2 Å². The summed E-state index contributed by atoms with van der Waals surface area (Å²) in [5.74, 6) is -0.175. The highest BCUT2D eigenvalue weighted by Gasteiger charge is 2.31. The van der Waals surface area contributed by atoms with Gasteiger partial charge in [-0.15, -0.1) is 13.2 Å². The molecule has 0 spiro atoms. The second-order valence-electron chi connectivity index (χ2n) is 4.74. The molecule has 1 aromatic carbocycles. The Morgan fingerprint density at radius 1 is 1.16 bits per heavy atom. The molecule has 0 aliphatic heterocycles. The summed E-state index contributed by atoms with van der Waals surface area (Å²) in [5, 5.41) is 9.88. The lowest BCUT2D eigenvalue weighted by Gasteiger charge is -2.26. The maximum atomic E-state index is 12.2. The number of hydrogen-bond donors (Lipinski definition) is 1. The van der Waals surface area contributed by atoms with Gasteiger partial charge in [0.1, 0.15) is 5.75 Å². The molecule has 1 aliphatic rings. The summed E-state index contributed by atoms with van der Waals surface area (Å²) >= 11 is 6.04. The minimum atomic E-state index is -4.70. The van der Waals surface area contributed by atoms with Gasteiger partial charge in [-0.05, 0) is 55.4 Å². The molecule has 0 heterocycles. The topological polar surface area (TPSA) is 29.5 Å². The quantitative estimate of drug-likeness (QED) is 0.883. The lowest BCUT2D eigenvalue weighted by atomic mass is 9.83. The van der Waals surface area contributed by atoms with E-state index in [9.17, 15) is 18.3 Å². The van der Waals surface area contributed by atoms with Crippen molar-refractivity contribution in [2.24, 2.45) is 0 Å². The molecule has 0 bridgehead atoms. The standard InChI is InChI=1S/C13H14ClF3O2/c14-12-6-5-10(19-13(15,16)17)7-11(12)8-1-3-9(18)4-2-8/h5-9,18H,1-4H2/t8-,9+. The van der Waals surface area contributed by atoms with E-state index in [-0.39, 0.29) is 17.8 Å². The molecule has 6 heteroatoms. The second kappa shape index (κ2) is 5.59. The maximum Gasteiger partial charge on any atom is 0.573 e. The van der Waals surface area contributed by atoms with E-state index in [2.05, 4.69) is 4.74 Å². The predicted molar refractivity (Wildman–Crippen MR) is 65.4 cm³/mol. The van der Waals surface area contributed by atoms with Crippen molar-refractivity contribution in [2.75, 3.05) is 0 Å². The van der Waals surface area contributed by atoms with Crippen LogP contribution >= 0.6 is 11.6 Å². The van der Waals surface area contributed by atoms with Gasteiger partial charge in [0.25, 0.3) is 0 Å². The van der Waals surface area contributed by atoms with Gasteiger partial charge in [0.05, 0.1) is 6.10 Å². The van der Waals surface area contributed by atoms with Crippen LogP contribution in [0.5, 0.6) is 5.75 Å². The van der Waals surface area contributed by atoms with Crippen LogP contribution in [0.15, 0.2) is 18.2 Å². The van der Waals surface area contributed by atoms with Crippen LogP contribution in [0, 0.1) is 0 Å². The molecule has 0 amide bonds. The van der Waals surface area contributed by atoms with Crippen molar-refractivity contribution in [2.45, 2.75) is 44.1 Å². The molecular formula is C13H14ClF3O2. The molecule has 2 nitrogen and oxygen atoms in total. The number of aliphatic hydroxyl groups excluding tert-OH is 1. The van der Waals surface area contributed by atoms with Crippen LogP contribution in [0.3, 0.4) is 0 Å². The fourth-order valence-corrected chi connectivity index (χ4v) is 2.69. The fourth-order valence-electron chi connectivity index (χ4n) is 2.42. The summed E-state index contributed by atoms with van der Waals surface area (Å²) in [6.07, 6.45) is -2.29. The zero-order chi connectivity index (χ0) is 14.0. The van der Waals surface area contributed by atoms with Gasteiger partial charge in [0, 0.05) is 5.02 Å². The Balaban J connectivity index is 2.17. The maximum absolute atomic E-state index is 12.2. The van der Waals surface area contributed by atoms with E-state index in [0.717, 1.165) is 12.8 Å². The van der Waals surface area contributed by atoms with Crippen molar-refractivity contribution in [1.82, 2.24) is 0 Å². The monoisotopic (exact) mass is 294 g/mol. The molecule has 0 saturated heterocycles. The van der Waals surface area contributed by atoms with Crippen LogP contribution in [0.4, 0.5) is 13.2 Å². The molecule has 1 N–H and O–H groups in total. The van der Waals surface area contributed by atoms with E-state index in [0.29, 0.717) is 23.4 Å². The average molecular weight is 295 g/mol. The van der Waals surface area contributed by atoms with Gasteiger partial charge in [0.15, 0.2) is 0 Å². The van der Waals surface area contributed by atoms with Gasteiger partial charge in [0.2, 0.25) is 0 Å². The molecule has 0 atom stereocenters. The molecule has 1 saturated carbocycles. The van der Waals surface area contributed by atoms with Crippen molar-refractivity contribution >= 4 is 11.6 Å². The summed E-state index contributed by atoms with van der Waals surface area (Å²) in [6.45, 7) is 0. The van der Waals surface area contributed by atoms with Crippen molar-refractivity contribution in [3.8, 4) is 5.75 Å². The predicted octanol–water partition coefficient (Wildman–Crippen LogP) is 4.26. The zero-order valence-electron chi connectivity index (χ0n) is 10.1. The van der Waals surface area contributed by atoms with Crippen LogP contribution in [0.2, 0.25) is 5.02 Å². The fraction of sp³-hybridized carbons (Fsp3) is 0.538. The lowest BCUT2D eigenvalue weighted by Crippen LogP contribution is -2.19. The van der Waals surface area contributed by atoms with Crippen LogP contribution in [-0.2, 0) is 0 Å².